The zero-order chi connectivity index (χ0) is 22.3. The number of nitrogens with one attached hydrogen (secondary N) is 1. The highest BCUT2D eigenvalue weighted by atomic mass is 32.2. The molecule has 0 aromatic heterocycles. The Morgan fingerprint density at radius 1 is 0.969 bits per heavy atom. The molecule has 0 spiro atoms. The van der Waals surface area contributed by atoms with Gasteiger partial charge in [-0.05, 0) is 53.7 Å². The Hall–Kier alpha value is -3.42. The Kier molecular flexibility index (Phi) is 6.99. The predicted octanol–water partition coefficient (Wildman–Crippen LogP) is 4.85. The summed E-state index contributed by atoms with van der Waals surface area (Å²) < 4.78 is 6.09. The van der Waals surface area contributed by atoms with E-state index in [2.05, 4.69) is 17.6 Å². The molecule has 1 heterocycles. The van der Waals surface area contributed by atoms with Gasteiger partial charge in [-0.25, -0.2) is 0 Å². The summed E-state index contributed by atoms with van der Waals surface area (Å²) in [6, 6.07) is 26.4. The predicted molar refractivity (Wildman–Crippen MR) is 131 cm³/mol. The Balaban J connectivity index is 1.35. The SMILES string of the molecule is O=C(NN1C(=O)/C(=C/c2ccc(OCCc3ccccc3)cc2)SC1=S)c1ccccc1. The molecule has 0 aliphatic carbocycles. The number of carbonyl (C=O) groups is 2. The molecule has 160 valence electrons. The van der Waals surface area contributed by atoms with E-state index in [0.717, 1.165) is 34.5 Å². The number of amides is 2. The number of benzene rings is 3. The van der Waals surface area contributed by atoms with Crippen molar-refractivity contribution >= 4 is 46.2 Å². The minimum atomic E-state index is -0.389. The van der Waals surface area contributed by atoms with E-state index >= 15 is 0 Å². The average Bonchev–Trinajstić information content (AvgIpc) is 3.08. The molecule has 0 saturated carbocycles. The third kappa shape index (κ3) is 5.43. The van der Waals surface area contributed by atoms with E-state index in [0.29, 0.717) is 17.1 Å². The molecular weight excluding hydrogens is 440 g/mol. The Morgan fingerprint density at radius 3 is 2.31 bits per heavy atom. The molecule has 0 unspecified atom stereocenters. The number of ether oxygens (including phenoxy) is 1. The summed E-state index contributed by atoms with van der Waals surface area (Å²) >= 11 is 6.43. The highest BCUT2D eigenvalue weighted by molar-refractivity contribution is 8.26. The summed E-state index contributed by atoms with van der Waals surface area (Å²) in [5.74, 6) is 0.0216. The maximum atomic E-state index is 12.7. The maximum Gasteiger partial charge on any atom is 0.285 e. The Labute approximate surface area is 196 Å². The van der Waals surface area contributed by atoms with Gasteiger partial charge in [0, 0.05) is 12.0 Å². The molecule has 2 amide bonds. The van der Waals surface area contributed by atoms with E-state index in [1.165, 1.54) is 5.56 Å². The lowest BCUT2D eigenvalue weighted by atomic mass is 10.2. The lowest BCUT2D eigenvalue weighted by Gasteiger charge is -2.15. The van der Waals surface area contributed by atoms with Crippen LogP contribution >= 0.6 is 24.0 Å². The van der Waals surface area contributed by atoms with E-state index in [9.17, 15) is 9.59 Å². The van der Waals surface area contributed by atoms with Gasteiger partial charge in [-0.15, -0.1) is 0 Å². The van der Waals surface area contributed by atoms with Crippen LogP contribution in [0.4, 0.5) is 0 Å². The third-order valence-electron chi connectivity index (χ3n) is 4.72. The van der Waals surface area contributed by atoms with E-state index in [1.807, 2.05) is 48.5 Å². The van der Waals surface area contributed by atoms with Gasteiger partial charge in [0.25, 0.3) is 11.8 Å². The van der Waals surface area contributed by atoms with Crippen LogP contribution in [0.2, 0.25) is 0 Å². The molecule has 7 heteroatoms. The molecule has 1 saturated heterocycles. The van der Waals surface area contributed by atoms with E-state index in [-0.39, 0.29) is 16.1 Å². The molecule has 1 aliphatic heterocycles. The van der Waals surface area contributed by atoms with Crippen molar-refractivity contribution in [3.05, 3.63) is 107 Å². The van der Waals surface area contributed by atoms with Gasteiger partial charge in [-0.1, -0.05) is 72.4 Å². The van der Waals surface area contributed by atoms with Crippen LogP contribution in [0, 0.1) is 0 Å². The molecule has 1 N–H and O–H groups in total. The van der Waals surface area contributed by atoms with Crippen LogP contribution < -0.4 is 10.2 Å². The van der Waals surface area contributed by atoms with Gasteiger partial charge in [0.1, 0.15) is 5.75 Å². The third-order valence-corrected chi connectivity index (χ3v) is 6.03. The van der Waals surface area contributed by atoms with Crippen LogP contribution in [0.1, 0.15) is 21.5 Å². The smallest absolute Gasteiger partial charge is 0.285 e. The highest BCUT2D eigenvalue weighted by Crippen LogP contribution is 2.31. The first kappa shape index (κ1) is 21.8. The average molecular weight is 461 g/mol. The molecule has 0 bridgehead atoms. The number of rotatable bonds is 7. The monoisotopic (exact) mass is 460 g/mol. The van der Waals surface area contributed by atoms with E-state index in [4.69, 9.17) is 17.0 Å². The van der Waals surface area contributed by atoms with Crippen LogP contribution in [-0.2, 0) is 11.2 Å². The second-order valence-corrected chi connectivity index (χ2v) is 8.65. The van der Waals surface area contributed by atoms with Crippen molar-refractivity contribution in [3.63, 3.8) is 0 Å². The Morgan fingerprint density at radius 2 is 1.62 bits per heavy atom. The topological polar surface area (TPSA) is 58.6 Å². The molecule has 5 nitrogen and oxygen atoms in total. The maximum absolute atomic E-state index is 12.7. The summed E-state index contributed by atoms with van der Waals surface area (Å²) in [5.41, 5.74) is 5.10. The molecule has 0 atom stereocenters. The molecule has 3 aromatic carbocycles. The summed E-state index contributed by atoms with van der Waals surface area (Å²) in [6.45, 7) is 0.586. The minimum absolute atomic E-state index is 0.284. The number of nitrogens with zero attached hydrogens (tertiary/aromatic N) is 1. The van der Waals surface area contributed by atoms with Crippen LogP contribution in [0.5, 0.6) is 5.75 Å². The number of hydrogen-bond acceptors (Lipinski definition) is 5. The van der Waals surface area contributed by atoms with E-state index in [1.54, 1.807) is 30.3 Å². The molecular formula is C25H20N2O3S2. The van der Waals surface area contributed by atoms with Gasteiger partial charge in [0.15, 0.2) is 4.32 Å². The highest BCUT2D eigenvalue weighted by Gasteiger charge is 2.33. The molecule has 1 fully saturated rings. The molecule has 1 aliphatic rings. The fourth-order valence-corrected chi connectivity index (χ4v) is 4.24. The first-order valence-corrected chi connectivity index (χ1v) is 11.2. The summed E-state index contributed by atoms with van der Waals surface area (Å²) in [4.78, 5) is 25.5. The minimum Gasteiger partial charge on any atom is -0.493 e. The fraction of sp³-hybridized carbons (Fsp3) is 0.0800. The first-order chi connectivity index (χ1) is 15.6. The van der Waals surface area contributed by atoms with Gasteiger partial charge < -0.3 is 4.74 Å². The lowest BCUT2D eigenvalue weighted by Crippen LogP contribution is -2.44. The summed E-state index contributed by atoms with van der Waals surface area (Å²) in [7, 11) is 0. The Bertz CT molecular complexity index is 1150. The largest absolute Gasteiger partial charge is 0.493 e. The summed E-state index contributed by atoms with van der Waals surface area (Å²) in [6.07, 6.45) is 2.58. The second-order valence-electron chi connectivity index (χ2n) is 6.98. The van der Waals surface area contributed by atoms with Crippen LogP contribution in [0.3, 0.4) is 0 Å². The van der Waals surface area contributed by atoms with Crippen molar-refractivity contribution in [1.82, 2.24) is 10.4 Å². The number of hydrazine groups is 1. The normalized spacial score (nSPS) is 14.6. The first-order valence-electron chi connectivity index (χ1n) is 10.0. The zero-order valence-corrected chi connectivity index (χ0v) is 18.7. The van der Waals surface area contributed by atoms with Gasteiger partial charge in [0.05, 0.1) is 11.5 Å². The van der Waals surface area contributed by atoms with Crippen molar-refractivity contribution in [2.24, 2.45) is 0 Å². The van der Waals surface area contributed by atoms with Gasteiger partial charge in [0.2, 0.25) is 0 Å². The fourth-order valence-electron chi connectivity index (χ4n) is 3.06. The number of thioether (sulfide) groups is 1. The quantitative estimate of drug-likeness (QED) is 0.403. The summed E-state index contributed by atoms with van der Waals surface area (Å²) in [5, 5.41) is 1.11. The number of thiocarbonyl (C=S) groups is 1. The number of hydrogen-bond donors (Lipinski definition) is 1. The van der Waals surface area contributed by atoms with Crippen molar-refractivity contribution < 1.29 is 14.3 Å². The zero-order valence-electron chi connectivity index (χ0n) is 17.1. The molecule has 0 radical (unpaired) electrons. The molecule has 32 heavy (non-hydrogen) atoms. The van der Waals surface area contributed by atoms with Gasteiger partial charge in [-0.2, -0.15) is 5.01 Å². The van der Waals surface area contributed by atoms with Crippen LogP contribution in [-0.4, -0.2) is 27.8 Å². The van der Waals surface area contributed by atoms with Crippen molar-refractivity contribution in [2.75, 3.05) is 6.61 Å². The van der Waals surface area contributed by atoms with Gasteiger partial charge >= 0.3 is 0 Å². The second kappa shape index (κ2) is 10.3. The number of carbonyl (C=O) groups excluding carboxylic acids is 2. The molecule has 4 rings (SSSR count). The van der Waals surface area contributed by atoms with Crippen molar-refractivity contribution in [1.29, 1.82) is 0 Å². The van der Waals surface area contributed by atoms with Crippen molar-refractivity contribution in [2.45, 2.75) is 6.42 Å². The van der Waals surface area contributed by atoms with Crippen molar-refractivity contribution in [3.8, 4) is 5.75 Å². The van der Waals surface area contributed by atoms with Crippen LogP contribution in [0.15, 0.2) is 89.8 Å². The van der Waals surface area contributed by atoms with E-state index < -0.39 is 0 Å². The van der Waals surface area contributed by atoms with Gasteiger partial charge in [-0.3, -0.25) is 15.0 Å². The standard InChI is InChI=1S/C25H20N2O3S2/c28-23(20-9-5-2-6-10-20)26-27-24(29)22(32-25(27)31)17-19-11-13-21(14-12-19)30-16-15-18-7-3-1-4-8-18/h1-14,17H,15-16H2,(H,26,28)/b22-17-. The van der Waals surface area contributed by atoms with Crippen LogP contribution in [0.25, 0.3) is 6.08 Å². The molecule has 3 aromatic rings. The lowest BCUT2D eigenvalue weighted by molar-refractivity contribution is -0.123.